The van der Waals surface area contributed by atoms with E-state index in [2.05, 4.69) is 31.1 Å². The second kappa shape index (κ2) is 5.89. The zero-order chi connectivity index (χ0) is 13.1. The zero-order valence-electron chi connectivity index (χ0n) is 11.0. The Morgan fingerprint density at radius 3 is 2.83 bits per heavy atom. The molecule has 0 aliphatic carbocycles. The summed E-state index contributed by atoms with van der Waals surface area (Å²) in [5.74, 6) is 1.36. The number of nitrogens with zero attached hydrogens (tertiary/aromatic N) is 1. The predicted octanol–water partition coefficient (Wildman–Crippen LogP) is 5.04. The molecule has 0 saturated heterocycles. The Hall–Kier alpha value is -0.800. The maximum Gasteiger partial charge on any atom is 0.106 e. The van der Waals surface area contributed by atoms with E-state index in [0.29, 0.717) is 5.92 Å². The van der Waals surface area contributed by atoms with Crippen LogP contribution < -0.4 is 5.32 Å². The van der Waals surface area contributed by atoms with Gasteiger partial charge in [0, 0.05) is 6.54 Å². The van der Waals surface area contributed by atoms with Crippen molar-refractivity contribution < 1.29 is 0 Å². The van der Waals surface area contributed by atoms with Gasteiger partial charge in [-0.05, 0) is 30.4 Å². The minimum atomic E-state index is 0.634. The molecule has 2 aromatic rings. The molecule has 1 atom stereocenters. The molecule has 98 valence electrons. The zero-order valence-corrected chi connectivity index (χ0v) is 12.6. The lowest BCUT2D eigenvalue weighted by Crippen LogP contribution is -2.13. The number of benzene rings is 1. The third-order valence-corrected chi connectivity index (χ3v) is 4.06. The Morgan fingerprint density at radius 2 is 2.11 bits per heavy atom. The van der Waals surface area contributed by atoms with E-state index in [-0.39, 0.29) is 0 Å². The minimum absolute atomic E-state index is 0.634. The highest BCUT2D eigenvalue weighted by Gasteiger charge is 2.10. The molecule has 1 unspecified atom stereocenters. The molecule has 0 spiro atoms. The van der Waals surface area contributed by atoms with Crippen molar-refractivity contribution in [1.82, 2.24) is 4.98 Å². The van der Waals surface area contributed by atoms with E-state index in [0.717, 1.165) is 28.7 Å². The van der Waals surface area contributed by atoms with Crippen LogP contribution in [-0.4, -0.2) is 11.5 Å². The standard InChI is InChI=1S/C14H19ClN2S/c1-9(2)6-10(3)7-16-13-11(15)4-5-12-14(13)17-8-18-12/h4-5,8-10,16H,6-7H2,1-3H3. The molecule has 0 amide bonds. The van der Waals surface area contributed by atoms with Gasteiger partial charge in [-0.1, -0.05) is 32.4 Å². The van der Waals surface area contributed by atoms with E-state index >= 15 is 0 Å². The van der Waals surface area contributed by atoms with Gasteiger partial charge in [-0.25, -0.2) is 4.98 Å². The second-order valence-electron chi connectivity index (χ2n) is 5.24. The van der Waals surface area contributed by atoms with Crippen LogP contribution in [0, 0.1) is 11.8 Å². The second-order valence-corrected chi connectivity index (χ2v) is 6.53. The summed E-state index contributed by atoms with van der Waals surface area (Å²) in [4.78, 5) is 4.39. The summed E-state index contributed by atoms with van der Waals surface area (Å²) >= 11 is 7.90. The first-order valence-electron chi connectivity index (χ1n) is 6.33. The molecule has 1 heterocycles. The van der Waals surface area contributed by atoms with Gasteiger partial charge in [0.25, 0.3) is 0 Å². The summed E-state index contributed by atoms with van der Waals surface area (Å²) in [5, 5.41) is 4.21. The van der Waals surface area contributed by atoms with E-state index in [1.165, 1.54) is 11.1 Å². The van der Waals surface area contributed by atoms with E-state index in [1.54, 1.807) is 11.3 Å². The first-order chi connectivity index (χ1) is 8.58. The number of aromatic nitrogens is 1. The average molecular weight is 283 g/mol. The van der Waals surface area contributed by atoms with Gasteiger partial charge in [0.15, 0.2) is 0 Å². The Labute approximate surface area is 117 Å². The number of nitrogens with one attached hydrogen (secondary N) is 1. The molecule has 0 saturated carbocycles. The van der Waals surface area contributed by atoms with Gasteiger partial charge in [-0.3, -0.25) is 0 Å². The maximum absolute atomic E-state index is 6.25. The molecule has 2 nitrogen and oxygen atoms in total. The summed E-state index contributed by atoms with van der Waals surface area (Å²) in [7, 11) is 0. The van der Waals surface area contributed by atoms with Crippen molar-refractivity contribution in [2.75, 3.05) is 11.9 Å². The van der Waals surface area contributed by atoms with Crippen LogP contribution in [0.4, 0.5) is 5.69 Å². The van der Waals surface area contributed by atoms with Gasteiger partial charge in [-0.15, -0.1) is 11.3 Å². The van der Waals surface area contributed by atoms with Crippen molar-refractivity contribution >= 4 is 38.8 Å². The summed E-state index contributed by atoms with van der Waals surface area (Å²) in [5.41, 5.74) is 3.83. The molecule has 1 aromatic heterocycles. The van der Waals surface area contributed by atoms with Crippen LogP contribution in [0.3, 0.4) is 0 Å². The Balaban J connectivity index is 2.11. The Bertz CT molecular complexity index is 521. The maximum atomic E-state index is 6.25. The van der Waals surface area contributed by atoms with Crippen molar-refractivity contribution in [2.45, 2.75) is 27.2 Å². The molecule has 1 N–H and O–H groups in total. The summed E-state index contributed by atoms with van der Waals surface area (Å²) in [6.45, 7) is 7.71. The van der Waals surface area contributed by atoms with Crippen LogP contribution >= 0.6 is 22.9 Å². The number of thiazole rings is 1. The summed E-state index contributed by atoms with van der Waals surface area (Å²) in [6.07, 6.45) is 1.22. The Morgan fingerprint density at radius 1 is 1.33 bits per heavy atom. The van der Waals surface area contributed by atoms with Crippen LogP contribution in [-0.2, 0) is 0 Å². The normalized spacial score (nSPS) is 13.2. The lowest BCUT2D eigenvalue weighted by atomic mass is 9.99. The third kappa shape index (κ3) is 3.15. The van der Waals surface area contributed by atoms with E-state index in [9.17, 15) is 0 Å². The van der Waals surface area contributed by atoms with Gasteiger partial charge in [0.05, 0.1) is 20.9 Å². The fourth-order valence-electron chi connectivity index (χ4n) is 2.24. The van der Waals surface area contributed by atoms with E-state index in [4.69, 9.17) is 11.6 Å². The number of rotatable bonds is 5. The van der Waals surface area contributed by atoms with Crippen molar-refractivity contribution in [3.05, 3.63) is 22.7 Å². The fraction of sp³-hybridized carbons (Fsp3) is 0.500. The van der Waals surface area contributed by atoms with Gasteiger partial charge in [0.1, 0.15) is 5.52 Å². The number of halogens is 1. The fourth-order valence-corrected chi connectivity index (χ4v) is 3.14. The summed E-state index contributed by atoms with van der Waals surface area (Å²) < 4.78 is 1.18. The molecule has 0 aliphatic heterocycles. The minimum Gasteiger partial charge on any atom is -0.382 e. The largest absolute Gasteiger partial charge is 0.382 e. The quantitative estimate of drug-likeness (QED) is 0.831. The van der Waals surface area contributed by atoms with Crippen LogP contribution in [0.15, 0.2) is 17.6 Å². The monoisotopic (exact) mass is 282 g/mol. The number of fused-ring (bicyclic) bond motifs is 1. The Kier molecular flexibility index (Phi) is 4.46. The van der Waals surface area contributed by atoms with Crippen molar-refractivity contribution in [3.63, 3.8) is 0 Å². The molecular weight excluding hydrogens is 264 g/mol. The van der Waals surface area contributed by atoms with Gasteiger partial charge in [0.2, 0.25) is 0 Å². The molecule has 0 bridgehead atoms. The van der Waals surface area contributed by atoms with Crippen molar-refractivity contribution in [3.8, 4) is 0 Å². The first kappa shape index (κ1) is 13.6. The number of hydrogen-bond acceptors (Lipinski definition) is 3. The molecule has 0 fully saturated rings. The molecular formula is C14H19ClN2S. The molecule has 4 heteroatoms. The number of anilines is 1. The molecule has 0 radical (unpaired) electrons. The third-order valence-electron chi connectivity index (χ3n) is 2.95. The SMILES string of the molecule is CC(C)CC(C)CNc1c(Cl)ccc2scnc12. The molecule has 0 aliphatic rings. The summed E-state index contributed by atoms with van der Waals surface area (Å²) in [6, 6.07) is 3.97. The van der Waals surface area contributed by atoms with Crippen LogP contribution in [0.25, 0.3) is 10.2 Å². The highest BCUT2D eigenvalue weighted by molar-refractivity contribution is 7.16. The highest BCUT2D eigenvalue weighted by atomic mass is 35.5. The smallest absolute Gasteiger partial charge is 0.106 e. The van der Waals surface area contributed by atoms with E-state index in [1.807, 2.05) is 17.6 Å². The first-order valence-corrected chi connectivity index (χ1v) is 7.59. The highest BCUT2D eigenvalue weighted by Crippen LogP contribution is 2.32. The molecule has 2 rings (SSSR count). The van der Waals surface area contributed by atoms with Crippen LogP contribution in [0.5, 0.6) is 0 Å². The van der Waals surface area contributed by atoms with Gasteiger partial charge < -0.3 is 5.32 Å². The average Bonchev–Trinajstić information content (AvgIpc) is 2.74. The van der Waals surface area contributed by atoms with Crippen molar-refractivity contribution in [1.29, 1.82) is 0 Å². The van der Waals surface area contributed by atoms with Gasteiger partial charge >= 0.3 is 0 Å². The van der Waals surface area contributed by atoms with Crippen LogP contribution in [0.2, 0.25) is 5.02 Å². The van der Waals surface area contributed by atoms with E-state index < -0.39 is 0 Å². The van der Waals surface area contributed by atoms with Crippen molar-refractivity contribution in [2.24, 2.45) is 11.8 Å². The topological polar surface area (TPSA) is 24.9 Å². The van der Waals surface area contributed by atoms with Gasteiger partial charge in [-0.2, -0.15) is 0 Å². The lowest BCUT2D eigenvalue weighted by Gasteiger charge is -2.16. The molecule has 18 heavy (non-hydrogen) atoms. The lowest BCUT2D eigenvalue weighted by molar-refractivity contribution is 0.455. The molecule has 1 aromatic carbocycles. The van der Waals surface area contributed by atoms with Crippen LogP contribution in [0.1, 0.15) is 27.2 Å². The predicted molar refractivity (Wildman–Crippen MR) is 81.7 cm³/mol. The number of hydrogen-bond donors (Lipinski definition) is 1.